The number of piperidine rings is 1. The summed E-state index contributed by atoms with van der Waals surface area (Å²) in [6.07, 6.45) is 5.81. The number of nitrogens with zero attached hydrogens (tertiary/aromatic N) is 1. The van der Waals surface area contributed by atoms with E-state index in [1.165, 1.54) is 19.4 Å². The molecule has 1 aliphatic rings. The molecule has 0 saturated carbocycles. The molecule has 0 amide bonds. The van der Waals surface area contributed by atoms with Gasteiger partial charge in [0.25, 0.3) is 0 Å². The lowest BCUT2D eigenvalue weighted by Crippen LogP contribution is -2.40. The van der Waals surface area contributed by atoms with E-state index in [1.54, 1.807) is 7.11 Å². The molecule has 0 spiro atoms. The van der Waals surface area contributed by atoms with Crippen LogP contribution in [0.4, 0.5) is 0 Å². The minimum Gasteiger partial charge on any atom is -0.389 e. The molecule has 0 radical (unpaired) electrons. The lowest BCUT2D eigenvalue weighted by molar-refractivity contribution is 0.0284. The standard InChI is InChI=1S/C13H28N2O2/c1-13(16,11-14)7-3-4-8-15-9-5-6-12(10-15)17-2/h12,16H,3-11,14H2,1-2H3. The second-order valence-corrected chi connectivity index (χ2v) is 5.46. The van der Waals surface area contributed by atoms with E-state index in [0.29, 0.717) is 12.6 Å². The Bertz CT molecular complexity index is 210. The second kappa shape index (κ2) is 7.31. The fourth-order valence-electron chi connectivity index (χ4n) is 2.35. The van der Waals surface area contributed by atoms with Gasteiger partial charge in [0.15, 0.2) is 0 Å². The van der Waals surface area contributed by atoms with Crippen LogP contribution in [0.15, 0.2) is 0 Å². The summed E-state index contributed by atoms with van der Waals surface area (Å²) >= 11 is 0. The molecule has 1 fully saturated rings. The zero-order valence-corrected chi connectivity index (χ0v) is 11.3. The van der Waals surface area contributed by atoms with E-state index in [2.05, 4.69) is 4.90 Å². The summed E-state index contributed by atoms with van der Waals surface area (Å²) in [7, 11) is 1.80. The Balaban J connectivity index is 2.10. The van der Waals surface area contributed by atoms with Crippen LogP contribution in [0.1, 0.15) is 39.0 Å². The van der Waals surface area contributed by atoms with E-state index < -0.39 is 5.60 Å². The molecule has 2 unspecified atom stereocenters. The van der Waals surface area contributed by atoms with Crippen LogP contribution >= 0.6 is 0 Å². The van der Waals surface area contributed by atoms with Crippen molar-refractivity contribution < 1.29 is 9.84 Å². The highest BCUT2D eigenvalue weighted by atomic mass is 16.5. The van der Waals surface area contributed by atoms with Crippen molar-refractivity contribution in [1.29, 1.82) is 0 Å². The molecule has 1 rings (SSSR count). The molecule has 17 heavy (non-hydrogen) atoms. The summed E-state index contributed by atoms with van der Waals surface area (Å²) in [4.78, 5) is 2.47. The molecule has 4 heteroatoms. The molecule has 2 atom stereocenters. The lowest BCUT2D eigenvalue weighted by atomic mass is 9.99. The molecule has 0 aromatic carbocycles. The maximum Gasteiger partial charge on any atom is 0.0741 e. The van der Waals surface area contributed by atoms with Crippen LogP contribution in [-0.4, -0.2) is 55.0 Å². The second-order valence-electron chi connectivity index (χ2n) is 5.46. The highest BCUT2D eigenvalue weighted by Gasteiger charge is 2.20. The Morgan fingerprint density at radius 3 is 2.88 bits per heavy atom. The van der Waals surface area contributed by atoms with Gasteiger partial charge in [-0.15, -0.1) is 0 Å². The summed E-state index contributed by atoms with van der Waals surface area (Å²) in [5.74, 6) is 0. The average Bonchev–Trinajstić information content (AvgIpc) is 2.35. The van der Waals surface area contributed by atoms with Gasteiger partial charge >= 0.3 is 0 Å². The Labute approximate surface area is 105 Å². The van der Waals surface area contributed by atoms with E-state index in [4.69, 9.17) is 10.5 Å². The van der Waals surface area contributed by atoms with Crippen LogP contribution in [0, 0.1) is 0 Å². The van der Waals surface area contributed by atoms with Crippen molar-refractivity contribution in [3.05, 3.63) is 0 Å². The van der Waals surface area contributed by atoms with E-state index in [0.717, 1.165) is 32.4 Å². The Morgan fingerprint density at radius 1 is 1.47 bits per heavy atom. The van der Waals surface area contributed by atoms with Gasteiger partial charge in [0.05, 0.1) is 11.7 Å². The Kier molecular flexibility index (Phi) is 6.41. The number of hydrogen-bond donors (Lipinski definition) is 2. The van der Waals surface area contributed by atoms with E-state index in [1.807, 2.05) is 6.92 Å². The van der Waals surface area contributed by atoms with E-state index in [9.17, 15) is 5.11 Å². The van der Waals surface area contributed by atoms with Gasteiger partial charge in [0, 0.05) is 20.2 Å². The molecule has 1 heterocycles. The first-order chi connectivity index (χ1) is 8.07. The van der Waals surface area contributed by atoms with Crippen molar-refractivity contribution in [2.75, 3.05) is 33.3 Å². The van der Waals surface area contributed by atoms with Crippen molar-refractivity contribution in [2.45, 2.75) is 50.7 Å². The number of methoxy groups -OCH3 is 1. The molecule has 0 aromatic heterocycles. The quantitative estimate of drug-likeness (QED) is 0.655. The van der Waals surface area contributed by atoms with Gasteiger partial charge in [-0.05, 0) is 52.1 Å². The van der Waals surface area contributed by atoms with E-state index in [-0.39, 0.29) is 0 Å². The predicted molar refractivity (Wildman–Crippen MR) is 70.0 cm³/mol. The highest BCUT2D eigenvalue weighted by Crippen LogP contribution is 2.15. The van der Waals surface area contributed by atoms with Gasteiger partial charge in [0.2, 0.25) is 0 Å². The maximum atomic E-state index is 9.78. The van der Waals surface area contributed by atoms with Crippen molar-refractivity contribution in [2.24, 2.45) is 5.73 Å². The molecule has 3 N–H and O–H groups in total. The van der Waals surface area contributed by atoms with Crippen LogP contribution in [0.5, 0.6) is 0 Å². The summed E-state index contributed by atoms with van der Waals surface area (Å²) < 4.78 is 5.40. The van der Waals surface area contributed by atoms with Crippen LogP contribution < -0.4 is 5.73 Å². The zero-order chi connectivity index (χ0) is 12.7. The predicted octanol–water partition coefficient (Wildman–Crippen LogP) is 0.977. The molecular formula is C13H28N2O2. The third-order valence-corrected chi connectivity index (χ3v) is 3.68. The fourth-order valence-corrected chi connectivity index (χ4v) is 2.35. The van der Waals surface area contributed by atoms with Crippen molar-refractivity contribution >= 4 is 0 Å². The molecule has 4 nitrogen and oxygen atoms in total. The van der Waals surface area contributed by atoms with Crippen LogP contribution in [0.25, 0.3) is 0 Å². The van der Waals surface area contributed by atoms with Gasteiger partial charge in [-0.25, -0.2) is 0 Å². The molecule has 102 valence electrons. The van der Waals surface area contributed by atoms with Crippen molar-refractivity contribution in [1.82, 2.24) is 4.90 Å². The number of nitrogens with two attached hydrogens (primary N) is 1. The van der Waals surface area contributed by atoms with Crippen LogP contribution in [0.2, 0.25) is 0 Å². The summed E-state index contributed by atoms with van der Waals surface area (Å²) in [5.41, 5.74) is 4.81. The minimum absolute atomic E-state index is 0.350. The van der Waals surface area contributed by atoms with Gasteiger partial charge in [-0.3, -0.25) is 0 Å². The van der Waals surface area contributed by atoms with Crippen molar-refractivity contribution in [3.63, 3.8) is 0 Å². The number of ether oxygens (including phenoxy) is 1. The smallest absolute Gasteiger partial charge is 0.0741 e. The summed E-state index contributed by atoms with van der Waals surface area (Å²) in [6, 6.07) is 0. The number of aliphatic hydroxyl groups is 1. The summed E-state index contributed by atoms with van der Waals surface area (Å²) in [5, 5.41) is 9.78. The zero-order valence-electron chi connectivity index (χ0n) is 11.3. The molecule has 0 aliphatic carbocycles. The lowest BCUT2D eigenvalue weighted by Gasteiger charge is -2.32. The maximum absolute atomic E-state index is 9.78. The summed E-state index contributed by atoms with van der Waals surface area (Å²) in [6.45, 7) is 5.52. The minimum atomic E-state index is -0.684. The number of likely N-dealkylation sites (tertiary alicyclic amines) is 1. The number of unbranched alkanes of at least 4 members (excludes halogenated alkanes) is 1. The van der Waals surface area contributed by atoms with Crippen molar-refractivity contribution in [3.8, 4) is 0 Å². The normalized spacial score (nSPS) is 25.8. The number of hydrogen-bond acceptors (Lipinski definition) is 4. The molecule has 0 bridgehead atoms. The molecule has 1 aliphatic heterocycles. The largest absolute Gasteiger partial charge is 0.389 e. The number of rotatable bonds is 7. The molecule has 1 saturated heterocycles. The van der Waals surface area contributed by atoms with Gasteiger partial charge in [0.1, 0.15) is 0 Å². The molecular weight excluding hydrogens is 216 g/mol. The first kappa shape index (κ1) is 14.9. The van der Waals surface area contributed by atoms with Gasteiger partial charge in [-0.2, -0.15) is 0 Å². The van der Waals surface area contributed by atoms with Crippen LogP contribution in [0.3, 0.4) is 0 Å². The highest BCUT2D eigenvalue weighted by molar-refractivity contribution is 4.75. The van der Waals surface area contributed by atoms with E-state index >= 15 is 0 Å². The third-order valence-electron chi connectivity index (χ3n) is 3.68. The van der Waals surface area contributed by atoms with Gasteiger partial charge < -0.3 is 20.5 Å². The molecule has 0 aromatic rings. The third kappa shape index (κ3) is 5.82. The first-order valence-electron chi connectivity index (χ1n) is 6.75. The SMILES string of the molecule is COC1CCCN(CCCCC(C)(O)CN)C1. The van der Waals surface area contributed by atoms with Crippen LogP contribution in [-0.2, 0) is 4.74 Å². The van der Waals surface area contributed by atoms with Gasteiger partial charge in [-0.1, -0.05) is 0 Å². The first-order valence-corrected chi connectivity index (χ1v) is 6.75. The Morgan fingerprint density at radius 2 is 2.24 bits per heavy atom. The Hall–Kier alpha value is -0.160. The fraction of sp³-hybridized carbons (Fsp3) is 1.00. The topological polar surface area (TPSA) is 58.7 Å². The monoisotopic (exact) mass is 244 g/mol. The average molecular weight is 244 g/mol.